The maximum Gasteiger partial charge on any atom is 0.446 e. The zero-order valence-electron chi connectivity index (χ0n) is 12.7. The fraction of sp³-hybridized carbons (Fsp3) is 0.125. The van der Waals surface area contributed by atoms with Crippen LogP contribution in [0.4, 0.5) is 13.2 Å². The lowest BCUT2D eigenvalue weighted by atomic mass is 10.2. The van der Waals surface area contributed by atoms with Gasteiger partial charge in [0.25, 0.3) is 11.8 Å². The third kappa shape index (κ3) is 6.76. The van der Waals surface area contributed by atoms with Crippen LogP contribution in [-0.2, 0) is 4.79 Å². The molecule has 0 heterocycles. The molecule has 2 aromatic rings. The minimum Gasteiger partial charge on any atom is -0.484 e. The van der Waals surface area contributed by atoms with Gasteiger partial charge >= 0.3 is 5.51 Å². The lowest BCUT2D eigenvalue weighted by Crippen LogP contribution is -2.43. The lowest BCUT2D eigenvalue weighted by Gasteiger charge is -2.09. The largest absolute Gasteiger partial charge is 0.484 e. The van der Waals surface area contributed by atoms with Crippen LogP contribution < -0.4 is 15.6 Å². The first-order valence-electron chi connectivity index (χ1n) is 6.96. The Kier molecular flexibility index (Phi) is 6.29. The van der Waals surface area contributed by atoms with Crippen LogP contribution in [0.1, 0.15) is 10.4 Å². The van der Waals surface area contributed by atoms with E-state index in [1.807, 2.05) is 0 Å². The molecule has 0 aliphatic carbocycles. The zero-order chi connectivity index (χ0) is 18.3. The van der Waals surface area contributed by atoms with Gasteiger partial charge in [-0.25, -0.2) is 0 Å². The molecule has 25 heavy (non-hydrogen) atoms. The van der Waals surface area contributed by atoms with Gasteiger partial charge in [-0.1, -0.05) is 18.2 Å². The fourth-order valence-electron chi connectivity index (χ4n) is 1.71. The van der Waals surface area contributed by atoms with E-state index in [1.54, 1.807) is 30.3 Å². The molecule has 2 rings (SSSR count). The number of halogens is 3. The minimum absolute atomic E-state index is 0.0134. The summed E-state index contributed by atoms with van der Waals surface area (Å²) in [7, 11) is 0. The molecule has 132 valence electrons. The first-order valence-corrected chi connectivity index (χ1v) is 7.78. The average molecular weight is 370 g/mol. The number of amides is 2. The highest BCUT2D eigenvalue weighted by Crippen LogP contribution is 2.37. The number of hydrazine groups is 1. The summed E-state index contributed by atoms with van der Waals surface area (Å²) in [5.74, 6) is -0.864. The van der Waals surface area contributed by atoms with Crippen molar-refractivity contribution < 1.29 is 27.5 Å². The molecule has 0 saturated carbocycles. The molecule has 0 atom stereocenters. The number of ether oxygens (including phenoxy) is 1. The Morgan fingerprint density at radius 2 is 1.60 bits per heavy atom. The fourth-order valence-corrected chi connectivity index (χ4v) is 2.25. The van der Waals surface area contributed by atoms with Gasteiger partial charge in [-0.3, -0.25) is 20.4 Å². The van der Waals surface area contributed by atoms with Crippen LogP contribution in [0.25, 0.3) is 0 Å². The second-order valence-electron chi connectivity index (χ2n) is 4.68. The Morgan fingerprint density at radius 1 is 0.960 bits per heavy atom. The van der Waals surface area contributed by atoms with Crippen molar-refractivity contribution in [3.05, 3.63) is 60.2 Å². The van der Waals surface area contributed by atoms with Gasteiger partial charge in [0.2, 0.25) is 0 Å². The molecule has 5 nitrogen and oxygen atoms in total. The second-order valence-corrected chi connectivity index (χ2v) is 5.81. The molecule has 0 fully saturated rings. The van der Waals surface area contributed by atoms with Crippen molar-refractivity contribution >= 4 is 23.6 Å². The summed E-state index contributed by atoms with van der Waals surface area (Å²) in [6.07, 6.45) is 0. The molecule has 2 amide bonds. The third-order valence-corrected chi connectivity index (χ3v) is 3.52. The molecule has 0 aliphatic rings. The molecule has 0 aliphatic heterocycles. The standard InChI is InChI=1S/C16H13F3N2O3S/c17-16(18,19)25-13-8-6-12(7-9-13)24-10-14(22)20-21-15(23)11-4-2-1-3-5-11/h1-9H,10H2,(H,20,22)(H,21,23). The molecule has 0 radical (unpaired) electrons. The molecule has 2 aromatic carbocycles. The Labute approximate surface area is 145 Å². The maximum absolute atomic E-state index is 12.2. The van der Waals surface area contributed by atoms with E-state index in [0.717, 1.165) is 0 Å². The number of carbonyl (C=O) groups excluding carboxylic acids is 2. The van der Waals surface area contributed by atoms with Gasteiger partial charge in [-0.05, 0) is 48.2 Å². The third-order valence-electron chi connectivity index (χ3n) is 2.78. The van der Waals surface area contributed by atoms with Gasteiger partial charge in [0.05, 0.1) is 0 Å². The molecular formula is C16H13F3N2O3S. The van der Waals surface area contributed by atoms with Crippen LogP contribution in [0, 0.1) is 0 Å². The number of carbonyl (C=O) groups is 2. The van der Waals surface area contributed by atoms with Crippen molar-refractivity contribution in [1.82, 2.24) is 10.9 Å². The van der Waals surface area contributed by atoms with Crippen molar-refractivity contribution in [2.45, 2.75) is 10.4 Å². The number of thioether (sulfide) groups is 1. The predicted molar refractivity (Wildman–Crippen MR) is 85.9 cm³/mol. The van der Waals surface area contributed by atoms with E-state index in [0.29, 0.717) is 5.56 Å². The van der Waals surface area contributed by atoms with E-state index in [1.165, 1.54) is 24.3 Å². The predicted octanol–water partition coefficient (Wildman–Crippen LogP) is 3.14. The normalized spacial score (nSPS) is 10.8. The second kappa shape index (κ2) is 8.43. The highest BCUT2D eigenvalue weighted by molar-refractivity contribution is 8.00. The Bertz CT molecular complexity index is 722. The molecule has 0 spiro atoms. The Balaban J connectivity index is 1.75. The van der Waals surface area contributed by atoms with Crippen LogP contribution in [0.5, 0.6) is 5.75 Å². The van der Waals surface area contributed by atoms with Crippen molar-refractivity contribution in [1.29, 1.82) is 0 Å². The van der Waals surface area contributed by atoms with Gasteiger partial charge in [0, 0.05) is 10.5 Å². The van der Waals surface area contributed by atoms with E-state index in [2.05, 4.69) is 10.9 Å². The number of alkyl halides is 3. The average Bonchev–Trinajstić information content (AvgIpc) is 2.58. The van der Waals surface area contributed by atoms with Crippen LogP contribution in [0.3, 0.4) is 0 Å². The summed E-state index contributed by atoms with van der Waals surface area (Å²) in [5, 5.41) is 0. The quantitative estimate of drug-likeness (QED) is 0.627. The smallest absolute Gasteiger partial charge is 0.446 e. The highest BCUT2D eigenvalue weighted by Gasteiger charge is 2.29. The molecule has 0 saturated heterocycles. The van der Waals surface area contributed by atoms with E-state index < -0.39 is 23.9 Å². The van der Waals surface area contributed by atoms with Gasteiger partial charge < -0.3 is 4.74 Å². The molecule has 9 heteroatoms. The number of benzene rings is 2. The molecule has 0 aromatic heterocycles. The highest BCUT2D eigenvalue weighted by atomic mass is 32.2. The first-order chi connectivity index (χ1) is 11.8. The van der Waals surface area contributed by atoms with E-state index >= 15 is 0 Å². The van der Waals surface area contributed by atoms with Gasteiger partial charge in [-0.2, -0.15) is 13.2 Å². The number of nitrogens with one attached hydrogen (secondary N) is 2. The summed E-state index contributed by atoms with van der Waals surface area (Å²) in [6.45, 7) is -0.402. The number of rotatable bonds is 5. The van der Waals surface area contributed by atoms with Crippen molar-refractivity contribution in [2.75, 3.05) is 6.61 Å². The van der Waals surface area contributed by atoms with Crippen LogP contribution in [0.2, 0.25) is 0 Å². The summed E-state index contributed by atoms with van der Waals surface area (Å²) in [5.41, 5.74) is 0.415. The van der Waals surface area contributed by atoms with Crippen LogP contribution >= 0.6 is 11.8 Å². The topological polar surface area (TPSA) is 67.4 Å². The Morgan fingerprint density at radius 3 is 2.20 bits per heavy atom. The summed E-state index contributed by atoms with van der Waals surface area (Å²) in [6, 6.07) is 13.4. The summed E-state index contributed by atoms with van der Waals surface area (Å²) >= 11 is -0.239. The molecule has 0 unspecified atom stereocenters. The summed E-state index contributed by atoms with van der Waals surface area (Å²) in [4.78, 5) is 23.3. The number of hydrogen-bond donors (Lipinski definition) is 2. The Hall–Kier alpha value is -2.68. The van der Waals surface area contributed by atoms with Gasteiger partial charge in [0.1, 0.15) is 5.75 Å². The van der Waals surface area contributed by atoms with Crippen LogP contribution in [-0.4, -0.2) is 23.9 Å². The monoisotopic (exact) mass is 370 g/mol. The zero-order valence-corrected chi connectivity index (χ0v) is 13.5. The molecular weight excluding hydrogens is 357 g/mol. The maximum atomic E-state index is 12.2. The summed E-state index contributed by atoms with van der Waals surface area (Å²) < 4.78 is 41.8. The van der Waals surface area contributed by atoms with Crippen LogP contribution in [0.15, 0.2) is 59.5 Å². The van der Waals surface area contributed by atoms with E-state index in [-0.39, 0.29) is 22.4 Å². The first kappa shape index (κ1) is 18.7. The molecule has 0 bridgehead atoms. The van der Waals surface area contributed by atoms with Gasteiger partial charge in [0.15, 0.2) is 6.61 Å². The minimum atomic E-state index is -4.36. The number of hydrogen-bond acceptors (Lipinski definition) is 4. The van der Waals surface area contributed by atoms with E-state index in [9.17, 15) is 22.8 Å². The van der Waals surface area contributed by atoms with Gasteiger partial charge in [-0.15, -0.1) is 0 Å². The van der Waals surface area contributed by atoms with E-state index in [4.69, 9.17) is 4.74 Å². The lowest BCUT2D eigenvalue weighted by molar-refractivity contribution is -0.123. The van der Waals surface area contributed by atoms with Crippen molar-refractivity contribution in [2.24, 2.45) is 0 Å². The SMILES string of the molecule is O=C(COc1ccc(SC(F)(F)F)cc1)NNC(=O)c1ccccc1. The van der Waals surface area contributed by atoms with Crippen molar-refractivity contribution in [3.63, 3.8) is 0 Å². The van der Waals surface area contributed by atoms with Crippen molar-refractivity contribution in [3.8, 4) is 5.75 Å². The molecule has 2 N–H and O–H groups in total.